The van der Waals surface area contributed by atoms with Gasteiger partial charge in [0.2, 0.25) is 0 Å². The summed E-state index contributed by atoms with van der Waals surface area (Å²) in [6.45, 7) is 5.81. The highest BCUT2D eigenvalue weighted by Gasteiger charge is 2.55. The molecule has 0 radical (unpaired) electrons. The monoisotopic (exact) mass is 322 g/mol. The number of fused-ring (bicyclic) bond motifs is 1. The van der Waals surface area contributed by atoms with Gasteiger partial charge in [-0.1, -0.05) is 39.3 Å². The van der Waals surface area contributed by atoms with Crippen LogP contribution in [0.3, 0.4) is 0 Å². The number of hydrogen-bond acceptors (Lipinski definition) is 0. The summed E-state index contributed by atoms with van der Waals surface area (Å²) in [7, 11) is 2.78. The number of halogens is 4. The Hall–Kier alpha value is -0.610. The molecule has 0 aliphatic carbocycles. The van der Waals surface area contributed by atoms with Crippen LogP contribution in [0.5, 0.6) is 0 Å². The van der Waals surface area contributed by atoms with Crippen molar-refractivity contribution in [2.24, 2.45) is 0 Å². The van der Waals surface area contributed by atoms with Crippen LogP contribution in [0.1, 0.15) is 50.7 Å². The van der Waals surface area contributed by atoms with Gasteiger partial charge in [0.05, 0.1) is 0 Å². The molecule has 1 unspecified atom stereocenters. The van der Waals surface area contributed by atoms with Crippen LogP contribution in [0.4, 0.5) is 13.2 Å². The van der Waals surface area contributed by atoms with Gasteiger partial charge >= 0.3 is 5.51 Å². The second kappa shape index (κ2) is 5.30. The molecule has 1 heterocycles. The molecule has 0 N–H and O–H groups in total. The zero-order valence-electron chi connectivity index (χ0n) is 11.7. The summed E-state index contributed by atoms with van der Waals surface area (Å²) in [6.07, 6.45) is 2.69. The predicted molar refractivity (Wildman–Crippen MR) is 81.2 cm³/mol. The molecule has 2 rings (SSSR count). The summed E-state index contributed by atoms with van der Waals surface area (Å²) in [5.74, 6) is 0.184. The van der Waals surface area contributed by atoms with Crippen LogP contribution in [0.2, 0.25) is 0 Å². The molecule has 0 saturated heterocycles. The van der Waals surface area contributed by atoms with Crippen molar-refractivity contribution in [1.29, 1.82) is 0 Å². The van der Waals surface area contributed by atoms with E-state index in [1.807, 2.05) is 26.8 Å². The number of benzene rings is 1. The second-order valence-electron chi connectivity index (χ2n) is 5.30. The number of alkyl halides is 3. The summed E-state index contributed by atoms with van der Waals surface area (Å²) in [6, 6.07) is 5.31. The molecular formula is C15H18ClF3S. The van der Waals surface area contributed by atoms with E-state index in [0.29, 0.717) is 23.3 Å². The van der Waals surface area contributed by atoms with E-state index in [1.54, 1.807) is 18.2 Å². The van der Waals surface area contributed by atoms with Crippen molar-refractivity contribution < 1.29 is 13.2 Å². The van der Waals surface area contributed by atoms with Crippen molar-refractivity contribution in [3.05, 3.63) is 34.2 Å². The van der Waals surface area contributed by atoms with Gasteiger partial charge in [0.15, 0.2) is 0 Å². The molecule has 0 fully saturated rings. The SMILES string of the molecule is CCCC1=Cc2ccc(C(C)C)cc2S1(Cl)C(F)(F)F. The minimum Gasteiger partial charge on any atom is -0.160 e. The van der Waals surface area contributed by atoms with Gasteiger partial charge in [-0.15, -0.1) is 0 Å². The maximum Gasteiger partial charge on any atom is 0.445 e. The number of hydrogen-bond donors (Lipinski definition) is 0. The molecule has 1 aliphatic heterocycles. The third-order valence-corrected chi connectivity index (χ3v) is 7.76. The van der Waals surface area contributed by atoms with Gasteiger partial charge in [-0.25, -0.2) is 0 Å². The van der Waals surface area contributed by atoms with Gasteiger partial charge < -0.3 is 0 Å². The van der Waals surface area contributed by atoms with Crippen LogP contribution in [0, 0.1) is 0 Å². The molecule has 1 aliphatic rings. The van der Waals surface area contributed by atoms with Gasteiger partial charge in [0, 0.05) is 4.90 Å². The van der Waals surface area contributed by atoms with E-state index in [4.69, 9.17) is 10.7 Å². The van der Waals surface area contributed by atoms with Gasteiger partial charge in [-0.3, -0.25) is 0 Å². The van der Waals surface area contributed by atoms with E-state index < -0.39 is 14.7 Å². The highest BCUT2D eigenvalue weighted by molar-refractivity contribution is 8.54. The van der Waals surface area contributed by atoms with Crippen molar-refractivity contribution in [1.82, 2.24) is 0 Å². The standard InChI is InChI=1S/C15H18ClF3S/c1-4-5-13-8-12-7-6-11(10(2)3)9-14(12)20(13,16)15(17,18)19/h6-10H,4-5H2,1-3H3. The zero-order chi connectivity index (χ0) is 15.1. The van der Waals surface area contributed by atoms with E-state index in [2.05, 4.69) is 0 Å². The van der Waals surface area contributed by atoms with Crippen molar-refractivity contribution in [2.45, 2.75) is 49.9 Å². The summed E-state index contributed by atoms with van der Waals surface area (Å²) in [5, 5.41) is 0. The molecule has 0 spiro atoms. The lowest BCUT2D eigenvalue weighted by atomic mass is 10.0. The average Bonchev–Trinajstić information content (AvgIpc) is 2.63. The van der Waals surface area contributed by atoms with Crippen LogP contribution in [0.25, 0.3) is 6.08 Å². The lowest BCUT2D eigenvalue weighted by molar-refractivity contribution is -0.0359. The van der Waals surface area contributed by atoms with Gasteiger partial charge in [-0.05, 0) is 60.4 Å². The molecule has 1 aromatic rings. The first-order valence-corrected chi connectivity index (χ1v) is 9.11. The Labute approximate surface area is 123 Å². The maximum atomic E-state index is 13.6. The average molecular weight is 323 g/mol. The minimum atomic E-state index is -4.41. The molecule has 0 aromatic heterocycles. The summed E-state index contributed by atoms with van der Waals surface area (Å²) >= 11 is 0. The van der Waals surface area contributed by atoms with E-state index in [-0.39, 0.29) is 10.8 Å². The predicted octanol–water partition coefficient (Wildman–Crippen LogP) is 6.80. The quantitative estimate of drug-likeness (QED) is 0.574. The van der Waals surface area contributed by atoms with E-state index >= 15 is 0 Å². The molecular weight excluding hydrogens is 305 g/mol. The lowest BCUT2D eigenvalue weighted by Gasteiger charge is -2.34. The zero-order valence-corrected chi connectivity index (χ0v) is 13.3. The van der Waals surface area contributed by atoms with Crippen LogP contribution in [0.15, 0.2) is 28.0 Å². The summed E-state index contributed by atoms with van der Waals surface area (Å²) in [4.78, 5) is 0.603. The molecule has 1 atom stereocenters. The first-order valence-electron chi connectivity index (χ1n) is 6.65. The second-order valence-corrected chi connectivity index (χ2v) is 9.19. The topological polar surface area (TPSA) is 0 Å². The Morgan fingerprint density at radius 2 is 1.90 bits per heavy atom. The summed E-state index contributed by atoms with van der Waals surface area (Å²) in [5.41, 5.74) is -2.88. The van der Waals surface area contributed by atoms with E-state index in [1.165, 1.54) is 0 Å². The van der Waals surface area contributed by atoms with Crippen molar-refractivity contribution in [3.63, 3.8) is 0 Å². The largest absolute Gasteiger partial charge is 0.445 e. The molecule has 0 bridgehead atoms. The fraction of sp³-hybridized carbons (Fsp3) is 0.467. The molecule has 0 amide bonds. The van der Waals surface area contributed by atoms with Gasteiger partial charge in [0.25, 0.3) is 0 Å². The highest BCUT2D eigenvalue weighted by Crippen LogP contribution is 2.80. The normalized spacial score (nSPS) is 25.3. The fourth-order valence-electron chi connectivity index (χ4n) is 2.40. The van der Waals surface area contributed by atoms with Crippen LogP contribution < -0.4 is 0 Å². The van der Waals surface area contributed by atoms with Crippen LogP contribution in [-0.4, -0.2) is 5.51 Å². The smallest absolute Gasteiger partial charge is 0.160 e. The molecule has 0 nitrogen and oxygen atoms in total. The highest BCUT2D eigenvalue weighted by atomic mass is 35.7. The third kappa shape index (κ3) is 2.37. The van der Waals surface area contributed by atoms with E-state index in [9.17, 15) is 13.2 Å². The third-order valence-electron chi connectivity index (χ3n) is 3.50. The van der Waals surface area contributed by atoms with Crippen LogP contribution in [-0.2, 0) is 0 Å². The van der Waals surface area contributed by atoms with Crippen molar-refractivity contribution in [3.8, 4) is 0 Å². The van der Waals surface area contributed by atoms with Gasteiger partial charge in [0.1, 0.15) is 0 Å². The summed E-state index contributed by atoms with van der Waals surface area (Å²) < 4.78 is 40.8. The number of rotatable bonds is 3. The Balaban J connectivity index is 2.61. The first kappa shape index (κ1) is 15.8. The van der Waals surface area contributed by atoms with Crippen molar-refractivity contribution >= 4 is 26.0 Å². The van der Waals surface area contributed by atoms with E-state index in [0.717, 1.165) is 5.56 Å². The first-order chi connectivity index (χ1) is 9.21. The molecule has 0 saturated carbocycles. The fourth-order valence-corrected chi connectivity index (χ4v) is 5.52. The Kier molecular flexibility index (Phi) is 4.18. The minimum absolute atomic E-state index is 0.184. The Morgan fingerprint density at radius 3 is 2.40 bits per heavy atom. The Morgan fingerprint density at radius 1 is 1.25 bits per heavy atom. The molecule has 20 heavy (non-hydrogen) atoms. The van der Waals surface area contributed by atoms with Crippen molar-refractivity contribution in [2.75, 3.05) is 0 Å². The maximum absolute atomic E-state index is 13.6. The number of allylic oxidation sites excluding steroid dienone is 1. The van der Waals surface area contributed by atoms with Gasteiger partial charge in [-0.2, -0.15) is 13.2 Å². The molecule has 112 valence electrons. The molecule has 1 aromatic carbocycles. The Bertz CT molecular complexity index is 549. The molecule has 5 heteroatoms. The van der Waals surface area contributed by atoms with Crippen LogP contribution >= 0.6 is 19.9 Å². The lowest BCUT2D eigenvalue weighted by Crippen LogP contribution is -2.16.